The zero-order valence-electron chi connectivity index (χ0n) is 20.8. The molecule has 0 N–H and O–H groups in total. The van der Waals surface area contributed by atoms with Crippen LogP contribution < -0.4 is 0 Å². The first kappa shape index (κ1) is 28.6. The van der Waals surface area contributed by atoms with E-state index in [1.165, 1.54) is 25.0 Å². The zero-order valence-corrected chi connectivity index (χ0v) is 20.8. The Morgan fingerprint density at radius 2 is 1.21 bits per heavy atom. The summed E-state index contributed by atoms with van der Waals surface area (Å²) in [4.78, 5) is 35.6. The highest BCUT2D eigenvalue weighted by Crippen LogP contribution is 2.21. The van der Waals surface area contributed by atoms with Crippen LogP contribution in [0.5, 0.6) is 0 Å². The lowest BCUT2D eigenvalue weighted by molar-refractivity contribution is -0.384. The summed E-state index contributed by atoms with van der Waals surface area (Å²) in [5.74, 6) is -0.0259. The van der Waals surface area contributed by atoms with E-state index in [1.807, 2.05) is 0 Å². The average Bonchev–Trinajstić information content (AvgIpc) is 2.76. The molecule has 0 unspecified atom stereocenters. The first-order chi connectivity index (χ1) is 15.7. The van der Waals surface area contributed by atoms with E-state index in [9.17, 15) is 19.7 Å². The van der Waals surface area contributed by atoms with Gasteiger partial charge in [0, 0.05) is 12.1 Å². The summed E-state index contributed by atoms with van der Waals surface area (Å²) >= 11 is 0. The third-order valence-corrected chi connectivity index (χ3v) is 5.47. The van der Waals surface area contributed by atoms with Crippen molar-refractivity contribution in [3.63, 3.8) is 0 Å². The highest BCUT2D eigenvalue weighted by Gasteiger charge is 2.23. The van der Waals surface area contributed by atoms with Gasteiger partial charge >= 0.3 is 11.9 Å². The van der Waals surface area contributed by atoms with Crippen molar-refractivity contribution in [1.82, 2.24) is 0 Å². The van der Waals surface area contributed by atoms with Crippen molar-refractivity contribution >= 4 is 17.6 Å². The van der Waals surface area contributed by atoms with Crippen LogP contribution in [-0.4, -0.2) is 30.1 Å². The summed E-state index contributed by atoms with van der Waals surface area (Å²) in [5, 5.41) is 11.1. The van der Waals surface area contributed by atoms with Crippen LogP contribution in [0, 0.1) is 22.0 Å². The van der Waals surface area contributed by atoms with Gasteiger partial charge in [0.05, 0.1) is 29.3 Å². The molecule has 7 heteroatoms. The number of ether oxygens (including phenoxy) is 2. The molecule has 1 aromatic rings. The molecule has 0 bridgehead atoms. The maximum absolute atomic E-state index is 12.6. The van der Waals surface area contributed by atoms with Crippen LogP contribution in [0.4, 0.5) is 5.69 Å². The normalized spacial score (nSPS) is 11.1. The van der Waals surface area contributed by atoms with Crippen molar-refractivity contribution in [3.8, 4) is 0 Å². The molecule has 0 aliphatic carbocycles. The molecule has 1 rings (SSSR count). The SMILES string of the molecule is CC(C)CCCCCCOC(=O)c1ccc([N+](=O)[O-])cc1C(=O)OCCCCCCC(C)C. The Morgan fingerprint density at radius 3 is 1.67 bits per heavy atom. The minimum absolute atomic E-state index is 0.00217. The predicted octanol–water partition coefficient (Wildman–Crippen LogP) is 7.12. The Morgan fingerprint density at radius 1 is 0.758 bits per heavy atom. The number of nitrogens with zero attached hydrogens (tertiary/aromatic N) is 1. The molecule has 0 spiro atoms. The fraction of sp³-hybridized carbons (Fsp3) is 0.692. The summed E-state index contributed by atoms with van der Waals surface area (Å²) in [6, 6.07) is 3.56. The van der Waals surface area contributed by atoms with Gasteiger partial charge in [-0.1, -0.05) is 79.1 Å². The Balaban J connectivity index is 2.57. The first-order valence-electron chi connectivity index (χ1n) is 12.3. The van der Waals surface area contributed by atoms with Crippen molar-refractivity contribution in [3.05, 3.63) is 39.4 Å². The van der Waals surface area contributed by atoms with Gasteiger partial charge in [0.25, 0.3) is 5.69 Å². The van der Waals surface area contributed by atoms with Crippen molar-refractivity contribution in [2.75, 3.05) is 13.2 Å². The van der Waals surface area contributed by atoms with Gasteiger partial charge in [-0.15, -0.1) is 0 Å². The molecule has 0 aliphatic rings. The molecule has 0 aromatic heterocycles. The van der Waals surface area contributed by atoms with Gasteiger partial charge in [-0.05, 0) is 30.7 Å². The number of carbonyl (C=O) groups excluding carboxylic acids is 2. The molecule has 0 saturated heterocycles. The largest absolute Gasteiger partial charge is 0.462 e. The second-order valence-electron chi connectivity index (χ2n) is 9.45. The molecule has 7 nitrogen and oxygen atoms in total. The number of nitro groups is 1. The Labute approximate surface area is 198 Å². The van der Waals surface area contributed by atoms with Crippen LogP contribution in [0.25, 0.3) is 0 Å². The summed E-state index contributed by atoms with van der Waals surface area (Å²) in [5.41, 5.74) is -0.384. The predicted molar refractivity (Wildman–Crippen MR) is 130 cm³/mol. The van der Waals surface area contributed by atoms with Gasteiger partial charge in [-0.2, -0.15) is 0 Å². The fourth-order valence-electron chi connectivity index (χ4n) is 3.49. The number of hydrogen-bond acceptors (Lipinski definition) is 6. The molecular formula is C26H41NO6. The molecule has 0 saturated carbocycles. The molecule has 0 aliphatic heterocycles. The number of nitro benzene ring substituents is 1. The van der Waals surface area contributed by atoms with Crippen molar-refractivity contribution in [2.24, 2.45) is 11.8 Å². The third kappa shape index (κ3) is 12.4. The summed E-state index contributed by atoms with van der Waals surface area (Å²) in [7, 11) is 0. The smallest absolute Gasteiger partial charge is 0.339 e. The molecule has 33 heavy (non-hydrogen) atoms. The first-order valence-corrected chi connectivity index (χ1v) is 12.3. The maximum atomic E-state index is 12.6. The van der Waals surface area contributed by atoms with Gasteiger partial charge < -0.3 is 9.47 Å². The quantitative estimate of drug-likeness (QED) is 0.106. The number of non-ortho nitro benzene ring substituents is 1. The van der Waals surface area contributed by atoms with E-state index in [2.05, 4.69) is 27.7 Å². The second kappa shape index (κ2) is 16.2. The van der Waals surface area contributed by atoms with Crippen LogP contribution in [0.1, 0.15) is 113 Å². The van der Waals surface area contributed by atoms with E-state index in [0.717, 1.165) is 57.4 Å². The number of rotatable bonds is 17. The summed E-state index contributed by atoms with van der Waals surface area (Å²) in [6.45, 7) is 9.25. The van der Waals surface area contributed by atoms with Crippen molar-refractivity contribution < 1.29 is 24.0 Å². The Hall–Kier alpha value is -2.44. The topological polar surface area (TPSA) is 95.7 Å². The van der Waals surface area contributed by atoms with Crippen molar-refractivity contribution in [1.29, 1.82) is 0 Å². The Bertz CT molecular complexity index is 744. The van der Waals surface area contributed by atoms with E-state index >= 15 is 0 Å². The molecule has 0 fully saturated rings. The molecular weight excluding hydrogens is 422 g/mol. The van der Waals surface area contributed by atoms with Gasteiger partial charge in [0.2, 0.25) is 0 Å². The summed E-state index contributed by atoms with van der Waals surface area (Å²) in [6.07, 6.45) is 10.2. The van der Waals surface area contributed by atoms with Crippen LogP contribution in [0.2, 0.25) is 0 Å². The van der Waals surface area contributed by atoms with Crippen LogP contribution in [0.15, 0.2) is 18.2 Å². The lowest BCUT2D eigenvalue weighted by Gasteiger charge is -2.10. The van der Waals surface area contributed by atoms with E-state index < -0.39 is 16.9 Å². The van der Waals surface area contributed by atoms with Gasteiger partial charge in [-0.25, -0.2) is 9.59 Å². The molecule has 0 heterocycles. The molecule has 186 valence electrons. The molecule has 0 atom stereocenters. The monoisotopic (exact) mass is 463 g/mol. The number of hydrogen-bond donors (Lipinski definition) is 0. The highest BCUT2D eigenvalue weighted by molar-refractivity contribution is 6.03. The van der Waals surface area contributed by atoms with Crippen LogP contribution in [0.3, 0.4) is 0 Å². The lowest BCUT2D eigenvalue weighted by Crippen LogP contribution is -2.15. The lowest BCUT2D eigenvalue weighted by atomic mass is 10.0. The second-order valence-corrected chi connectivity index (χ2v) is 9.45. The van der Waals surface area contributed by atoms with E-state index in [1.54, 1.807) is 0 Å². The van der Waals surface area contributed by atoms with Crippen molar-refractivity contribution in [2.45, 2.75) is 91.9 Å². The molecule has 1 aromatic carbocycles. The number of unbranched alkanes of at least 4 members (excludes halogenated alkanes) is 6. The zero-order chi connectivity index (χ0) is 24.6. The fourth-order valence-corrected chi connectivity index (χ4v) is 3.49. The molecule has 0 radical (unpaired) electrons. The van der Waals surface area contributed by atoms with E-state index in [4.69, 9.17) is 9.47 Å². The number of esters is 2. The Kier molecular flexibility index (Phi) is 14.1. The minimum atomic E-state index is -0.735. The van der Waals surface area contributed by atoms with E-state index in [0.29, 0.717) is 11.8 Å². The standard InChI is InChI=1S/C26H41NO6/c1-20(2)13-9-5-7-11-17-32-25(28)23-16-15-22(27(30)31)19-24(23)26(29)33-18-12-8-6-10-14-21(3)4/h15-16,19-21H,5-14,17-18H2,1-4H3. The average molecular weight is 464 g/mol. The van der Waals surface area contributed by atoms with E-state index in [-0.39, 0.29) is 30.0 Å². The minimum Gasteiger partial charge on any atom is -0.462 e. The van der Waals surface area contributed by atoms with Gasteiger partial charge in [0.1, 0.15) is 0 Å². The van der Waals surface area contributed by atoms with Gasteiger partial charge in [0.15, 0.2) is 0 Å². The number of carbonyl (C=O) groups is 2. The van der Waals surface area contributed by atoms with Crippen LogP contribution in [-0.2, 0) is 9.47 Å². The maximum Gasteiger partial charge on any atom is 0.339 e. The molecule has 0 amide bonds. The highest BCUT2D eigenvalue weighted by atomic mass is 16.6. The number of benzene rings is 1. The third-order valence-electron chi connectivity index (χ3n) is 5.47. The van der Waals surface area contributed by atoms with Crippen LogP contribution >= 0.6 is 0 Å². The summed E-state index contributed by atoms with van der Waals surface area (Å²) < 4.78 is 10.6. The van der Waals surface area contributed by atoms with Gasteiger partial charge in [-0.3, -0.25) is 10.1 Å².